The van der Waals surface area contributed by atoms with Gasteiger partial charge in [-0.1, -0.05) is 6.07 Å². The van der Waals surface area contributed by atoms with E-state index in [1.165, 1.54) is 25.1 Å². The molecule has 0 aliphatic carbocycles. The Balaban J connectivity index is 2.87. The smallest absolute Gasteiger partial charge is 0.378 e. The summed E-state index contributed by atoms with van der Waals surface area (Å²) in [5.41, 5.74) is -0.510. The molecule has 2 aromatic heterocycles. The number of fused-ring (bicyclic) bond motifs is 1. The molecule has 0 saturated carbocycles. The van der Waals surface area contributed by atoms with Crippen LogP contribution in [0.1, 0.15) is 18.5 Å². The van der Waals surface area contributed by atoms with Crippen molar-refractivity contribution in [2.24, 2.45) is 0 Å². The van der Waals surface area contributed by atoms with Gasteiger partial charge in [0, 0.05) is 5.69 Å². The van der Waals surface area contributed by atoms with Crippen molar-refractivity contribution in [2.75, 3.05) is 0 Å². The summed E-state index contributed by atoms with van der Waals surface area (Å²) in [6.45, 7) is 1.37. The number of carbonyl (C=O) groups is 1. The molecule has 0 radical (unpaired) electrons. The third-order valence-corrected chi connectivity index (χ3v) is 3.67. The van der Waals surface area contributed by atoms with Crippen molar-refractivity contribution in [3.8, 4) is 5.88 Å². The summed E-state index contributed by atoms with van der Waals surface area (Å²) in [7, 11) is -4.79. The maximum Gasteiger partial charge on any atom is 0.378 e. The summed E-state index contributed by atoms with van der Waals surface area (Å²) >= 11 is 0. The van der Waals surface area contributed by atoms with E-state index < -0.39 is 30.8 Å². The van der Waals surface area contributed by atoms with Crippen molar-refractivity contribution in [3.63, 3.8) is 0 Å². The van der Waals surface area contributed by atoms with Crippen LogP contribution in [0.5, 0.6) is 5.88 Å². The van der Waals surface area contributed by atoms with Gasteiger partial charge in [-0.25, -0.2) is 0 Å². The normalized spacial score (nSPS) is 13.6. The Morgan fingerprint density at radius 3 is 2.58 bits per heavy atom. The first-order chi connectivity index (χ1) is 8.73. The van der Waals surface area contributed by atoms with E-state index >= 15 is 0 Å². The van der Waals surface area contributed by atoms with Gasteiger partial charge in [-0.05, 0) is 19.1 Å². The van der Waals surface area contributed by atoms with Crippen LogP contribution in [0.25, 0.3) is 5.65 Å². The molecule has 0 aliphatic heterocycles. The molecule has 1 atom stereocenters. The Morgan fingerprint density at radius 2 is 2.05 bits per heavy atom. The van der Waals surface area contributed by atoms with Gasteiger partial charge < -0.3 is 20.0 Å². The van der Waals surface area contributed by atoms with E-state index in [9.17, 15) is 24.3 Å². The third kappa shape index (κ3) is 2.21. The van der Waals surface area contributed by atoms with Crippen molar-refractivity contribution in [3.05, 3.63) is 23.9 Å². The Hall–Kier alpha value is -1.89. The molecular weight excluding hydrogens is 275 g/mol. The standard InChI is InChI=1S/C10H11N2O6P/c1-5(10(14)15)6-3-2-4-7-11-8(13)9(12(6)7)19(16,17)18/h2-5,13H,1H3,(H,14,15)(H2,16,17,18). The zero-order valence-electron chi connectivity index (χ0n) is 9.76. The molecule has 2 rings (SSSR count). The largest absolute Gasteiger partial charge is 0.491 e. The first-order valence-electron chi connectivity index (χ1n) is 5.22. The van der Waals surface area contributed by atoms with Crippen molar-refractivity contribution in [2.45, 2.75) is 12.8 Å². The summed E-state index contributed by atoms with van der Waals surface area (Å²) in [5.74, 6) is -2.97. The number of carboxylic acid groups (broad SMARTS) is 1. The maximum absolute atomic E-state index is 11.4. The number of aromatic hydroxyl groups is 1. The number of aliphatic carboxylic acids is 1. The summed E-state index contributed by atoms with van der Waals surface area (Å²) in [5, 5.41) is 18.5. The number of aromatic nitrogens is 2. The molecule has 9 heteroatoms. The van der Waals surface area contributed by atoms with E-state index in [4.69, 9.17) is 5.11 Å². The first-order valence-corrected chi connectivity index (χ1v) is 6.84. The SMILES string of the molecule is CC(C(=O)O)c1cccc2nc(O)c(P(=O)(O)O)n12. The number of pyridine rings is 1. The van der Waals surface area contributed by atoms with E-state index in [0.29, 0.717) is 0 Å². The fraction of sp³-hybridized carbons (Fsp3) is 0.200. The van der Waals surface area contributed by atoms with Gasteiger partial charge >= 0.3 is 13.6 Å². The second-order valence-electron chi connectivity index (χ2n) is 4.01. The number of nitrogens with zero attached hydrogens (tertiary/aromatic N) is 2. The van der Waals surface area contributed by atoms with Crippen molar-refractivity contribution in [1.29, 1.82) is 0 Å². The van der Waals surface area contributed by atoms with Crippen LogP contribution >= 0.6 is 7.60 Å². The van der Waals surface area contributed by atoms with Gasteiger partial charge in [0.15, 0.2) is 5.44 Å². The van der Waals surface area contributed by atoms with Gasteiger partial charge in [0.05, 0.1) is 5.92 Å². The molecule has 102 valence electrons. The highest BCUT2D eigenvalue weighted by Gasteiger charge is 2.31. The van der Waals surface area contributed by atoms with Gasteiger partial charge in [-0.15, -0.1) is 0 Å². The van der Waals surface area contributed by atoms with E-state index in [-0.39, 0.29) is 11.3 Å². The second kappa shape index (κ2) is 4.34. The average molecular weight is 286 g/mol. The minimum atomic E-state index is -4.79. The lowest BCUT2D eigenvalue weighted by Gasteiger charge is -2.12. The summed E-state index contributed by atoms with van der Waals surface area (Å²) in [4.78, 5) is 33.1. The molecule has 4 N–H and O–H groups in total. The van der Waals surface area contributed by atoms with E-state index in [0.717, 1.165) is 4.40 Å². The maximum atomic E-state index is 11.4. The highest BCUT2D eigenvalue weighted by atomic mass is 31.2. The van der Waals surface area contributed by atoms with Crippen LogP contribution in [0.2, 0.25) is 0 Å². The van der Waals surface area contributed by atoms with Gasteiger partial charge in [0.1, 0.15) is 5.65 Å². The monoisotopic (exact) mass is 286 g/mol. The van der Waals surface area contributed by atoms with E-state index in [1.807, 2.05) is 0 Å². The van der Waals surface area contributed by atoms with Crippen molar-refractivity contribution < 1.29 is 29.4 Å². The van der Waals surface area contributed by atoms with Gasteiger partial charge in [0.25, 0.3) is 0 Å². The molecule has 0 fully saturated rings. The highest BCUT2D eigenvalue weighted by Crippen LogP contribution is 2.38. The fourth-order valence-corrected chi connectivity index (χ4v) is 2.60. The number of carboxylic acids is 1. The molecule has 19 heavy (non-hydrogen) atoms. The zero-order valence-corrected chi connectivity index (χ0v) is 10.7. The summed E-state index contributed by atoms with van der Waals surface area (Å²) in [6, 6.07) is 4.32. The van der Waals surface area contributed by atoms with E-state index in [1.54, 1.807) is 0 Å². The molecule has 0 spiro atoms. The summed E-state index contributed by atoms with van der Waals surface area (Å²) < 4.78 is 12.4. The lowest BCUT2D eigenvalue weighted by Crippen LogP contribution is -2.19. The van der Waals surface area contributed by atoms with Crippen LogP contribution < -0.4 is 5.44 Å². The van der Waals surface area contributed by atoms with Gasteiger partial charge in [0.2, 0.25) is 5.88 Å². The number of hydrogen-bond donors (Lipinski definition) is 4. The Bertz CT molecular complexity index is 703. The van der Waals surface area contributed by atoms with Crippen LogP contribution in [0.15, 0.2) is 18.2 Å². The zero-order chi connectivity index (χ0) is 14.4. The predicted molar refractivity (Wildman–Crippen MR) is 64.6 cm³/mol. The second-order valence-corrected chi connectivity index (χ2v) is 5.52. The number of hydrogen-bond acceptors (Lipinski definition) is 4. The van der Waals surface area contributed by atoms with Crippen LogP contribution in [0, 0.1) is 0 Å². The molecule has 8 nitrogen and oxygen atoms in total. The minimum absolute atomic E-state index is 0.0708. The molecule has 0 amide bonds. The fourth-order valence-electron chi connectivity index (χ4n) is 1.82. The molecule has 0 saturated heterocycles. The van der Waals surface area contributed by atoms with Gasteiger partial charge in [-0.3, -0.25) is 13.8 Å². The molecule has 1 unspecified atom stereocenters. The van der Waals surface area contributed by atoms with Crippen LogP contribution in [-0.2, 0) is 9.36 Å². The van der Waals surface area contributed by atoms with Crippen molar-refractivity contribution in [1.82, 2.24) is 9.38 Å². The lowest BCUT2D eigenvalue weighted by molar-refractivity contribution is -0.138. The van der Waals surface area contributed by atoms with Crippen LogP contribution in [-0.4, -0.2) is 35.4 Å². The third-order valence-electron chi connectivity index (χ3n) is 2.72. The van der Waals surface area contributed by atoms with Crippen LogP contribution in [0.3, 0.4) is 0 Å². The number of rotatable bonds is 3. The Morgan fingerprint density at radius 1 is 1.42 bits per heavy atom. The predicted octanol–water partition coefficient (Wildman–Crippen LogP) is 0.0310. The molecule has 0 bridgehead atoms. The van der Waals surface area contributed by atoms with Crippen LogP contribution in [0.4, 0.5) is 0 Å². The highest BCUT2D eigenvalue weighted by molar-refractivity contribution is 7.60. The Kier molecular flexibility index (Phi) is 3.09. The molecule has 2 aromatic rings. The van der Waals surface area contributed by atoms with E-state index in [2.05, 4.69) is 4.98 Å². The van der Waals surface area contributed by atoms with Crippen molar-refractivity contribution >= 4 is 24.6 Å². The van der Waals surface area contributed by atoms with Gasteiger partial charge in [-0.2, -0.15) is 4.98 Å². The molecule has 2 heterocycles. The minimum Gasteiger partial charge on any atom is -0.491 e. The Labute approximate surface area is 107 Å². The number of imidazole rings is 1. The topological polar surface area (TPSA) is 132 Å². The lowest BCUT2D eigenvalue weighted by atomic mass is 10.1. The molecular formula is C10H11N2O6P. The first kappa shape index (κ1) is 13.5. The average Bonchev–Trinajstić information content (AvgIpc) is 2.62. The molecule has 0 aromatic carbocycles. The molecule has 0 aliphatic rings. The summed E-state index contributed by atoms with van der Waals surface area (Å²) in [6.07, 6.45) is 0. The quantitative estimate of drug-likeness (QED) is 0.585.